The van der Waals surface area contributed by atoms with Gasteiger partial charge in [0.2, 0.25) is 0 Å². The molecule has 6 nitrogen and oxygen atoms in total. The van der Waals surface area contributed by atoms with Crippen LogP contribution in [0.15, 0.2) is 17.0 Å². The minimum atomic E-state index is -3.94. The third-order valence-electron chi connectivity index (χ3n) is 4.59. The van der Waals surface area contributed by atoms with Crippen LogP contribution >= 0.6 is 10.7 Å². The van der Waals surface area contributed by atoms with E-state index in [2.05, 4.69) is 0 Å². The second-order valence-corrected chi connectivity index (χ2v) is 8.60. The molecule has 0 bridgehead atoms. The van der Waals surface area contributed by atoms with E-state index in [1.54, 1.807) is 0 Å². The summed E-state index contributed by atoms with van der Waals surface area (Å²) in [4.78, 5) is 12.0. The van der Waals surface area contributed by atoms with Gasteiger partial charge in [-0.1, -0.05) is 0 Å². The van der Waals surface area contributed by atoms with Gasteiger partial charge < -0.3 is 14.2 Å². The first-order chi connectivity index (χ1) is 11.4. The van der Waals surface area contributed by atoms with Crippen molar-refractivity contribution in [1.29, 1.82) is 0 Å². The van der Waals surface area contributed by atoms with E-state index in [0.29, 0.717) is 36.9 Å². The maximum absolute atomic E-state index is 12.1. The third kappa shape index (κ3) is 3.53. The summed E-state index contributed by atoms with van der Waals surface area (Å²) in [5.74, 6) is 0.142. The van der Waals surface area contributed by atoms with Crippen LogP contribution in [0.1, 0.15) is 35.2 Å². The average molecular weight is 375 g/mol. The minimum Gasteiger partial charge on any atom is -0.489 e. The van der Waals surface area contributed by atoms with Crippen LogP contribution in [-0.4, -0.2) is 40.8 Å². The van der Waals surface area contributed by atoms with Gasteiger partial charge in [0.15, 0.2) is 0 Å². The number of halogens is 1. The Labute approximate surface area is 145 Å². The predicted octanol–water partition coefficient (Wildman–Crippen LogP) is 2.52. The summed E-state index contributed by atoms with van der Waals surface area (Å²) in [6, 6.07) is 2.70. The lowest BCUT2D eigenvalue weighted by molar-refractivity contribution is 0.0101. The first-order valence-corrected chi connectivity index (χ1v) is 10.2. The standard InChI is InChI=1S/C16H19ClO6S/c1-21-16(18)13-9-12(24(17,19)20)8-11-2-3-14(23-15(11)13)10-4-6-22-7-5-10/h8-10,14H,2-7H2,1H3. The lowest BCUT2D eigenvalue weighted by Gasteiger charge is -2.35. The van der Waals surface area contributed by atoms with Crippen LogP contribution in [0.3, 0.4) is 0 Å². The Bertz CT molecular complexity index is 739. The van der Waals surface area contributed by atoms with Crippen molar-refractivity contribution in [3.05, 3.63) is 23.3 Å². The molecule has 1 atom stereocenters. The Balaban J connectivity index is 1.98. The number of hydrogen-bond acceptors (Lipinski definition) is 6. The van der Waals surface area contributed by atoms with Crippen molar-refractivity contribution in [1.82, 2.24) is 0 Å². The van der Waals surface area contributed by atoms with Gasteiger partial charge in [0, 0.05) is 29.8 Å². The van der Waals surface area contributed by atoms with Crippen molar-refractivity contribution >= 4 is 25.7 Å². The summed E-state index contributed by atoms with van der Waals surface area (Å²) in [5.41, 5.74) is 0.770. The fourth-order valence-corrected chi connectivity index (χ4v) is 4.12. The number of rotatable bonds is 3. The van der Waals surface area contributed by atoms with Gasteiger partial charge in [-0.2, -0.15) is 0 Å². The largest absolute Gasteiger partial charge is 0.489 e. The zero-order valence-corrected chi connectivity index (χ0v) is 14.9. The van der Waals surface area contributed by atoms with Crippen LogP contribution in [0.5, 0.6) is 5.75 Å². The molecule has 0 radical (unpaired) electrons. The summed E-state index contributed by atoms with van der Waals surface area (Å²) in [6.45, 7) is 1.43. The number of hydrogen-bond donors (Lipinski definition) is 0. The third-order valence-corrected chi connectivity index (χ3v) is 5.92. The lowest BCUT2D eigenvalue weighted by atomic mass is 9.87. The van der Waals surface area contributed by atoms with Crippen LogP contribution in [0, 0.1) is 5.92 Å². The van der Waals surface area contributed by atoms with Gasteiger partial charge in [0.25, 0.3) is 9.05 Å². The van der Waals surface area contributed by atoms with Crippen LogP contribution in [0.2, 0.25) is 0 Å². The molecule has 2 heterocycles. The zero-order chi connectivity index (χ0) is 17.3. The number of carbonyl (C=O) groups excluding carboxylic acids is 1. The highest BCUT2D eigenvalue weighted by atomic mass is 35.7. The molecule has 0 spiro atoms. The van der Waals surface area contributed by atoms with Gasteiger partial charge in [-0.25, -0.2) is 13.2 Å². The second kappa shape index (κ2) is 6.90. The van der Waals surface area contributed by atoms with E-state index in [1.165, 1.54) is 19.2 Å². The molecule has 24 heavy (non-hydrogen) atoms. The molecule has 132 valence electrons. The van der Waals surface area contributed by atoms with E-state index in [4.69, 9.17) is 24.9 Å². The van der Waals surface area contributed by atoms with Gasteiger partial charge in [-0.05, 0) is 43.4 Å². The second-order valence-electron chi connectivity index (χ2n) is 6.03. The first-order valence-electron chi connectivity index (χ1n) is 7.84. The van der Waals surface area contributed by atoms with Gasteiger partial charge in [-0.15, -0.1) is 0 Å². The Morgan fingerprint density at radius 1 is 1.25 bits per heavy atom. The lowest BCUT2D eigenvalue weighted by Crippen LogP contribution is -2.35. The molecule has 3 rings (SSSR count). The molecule has 1 aromatic rings. The van der Waals surface area contributed by atoms with E-state index in [0.717, 1.165) is 19.3 Å². The Morgan fingerprint density at radius 2 is 1.96 bits per heavy atom. The number of ether oxygens (including phenoxy) is 3. The van der Waals surface area contributed by atoms with Crippen LogP contribution in [0.4, 0.5) is 0 Å². The molecule has 0 aromatic heterocycles. The van der Waals surface area contributed by atoms with E-state index in [-0.39, 0.29) is 16.6 Å². The quantitative estimate of drug-likeness (QED) is 0.597. The zero-order valence-electron chi connectivity index (χ0n) is 13.3. The fraction of sp³-hybridized carbons (Fsp3) is 0.562. The number of methoxy groups -OCH3 is 1. The minimum absolute atomic E-state index is 0.0109. The Morgan fingerprint density at radius 3 is 2.58 bits per heavy atom. The molecule has 2 aliphatic rings. The first kappa shape index (κ1) is 17.5. The molecule has 0 N–H and O–H groups in total. The number of carbonyl (C=O) groups is 1. The van der Waals surface area contributed by atoms with Crippen molar-refractivity contribution in [3.8, 4) is 5.75 Å². The number of aryl methyl sites for hydroxylation is 1. The van der Waals surface area contributed by atoms with Crippen molar-refractivity contribution in [2.45, 2.75) is 36.7 Å². The average Bonchev–Trinajstić information content (AvgIpc) is 2.59. The van der Waals surface area contributed by atoms with Crippen molar-refractivity contribution < 1.29 is 27.4 Å². The van der Waals surface area contributed by atoms with E-state index in [9.17, 15) is 13.2 Å². The summed E-state index contributed by atoms with van der Waals surface area (Å²) in [5, 5.41) is 0. The predicted molar refractivity (Wildman–Crippen MR) is 87.1 cm³/mol. The molecule has 1 saturated heterocycles. The monoisotopic (exact) mass is 374 g/mol. The Hall–Kier alpha value is -1.31. The van der Waals surface area contributed by atoms with Crippen molar-refractivity contribution in [2.75, 3.05) is 20.3 Å². The summed E-state index contributed by atoms with van der Waals surface area (Å²) in [7, 11) is 2.74. The summed E-state index contributed by atoms with van der Waals surface area (Å²) < 4.78 is 39.6. The van der Waals surface area contributed by atoms with Crippen LogP contribution in [-0.2, 0) is 24.9 Å². The molecule has 1 unspecified atom stereocenters. The molecule has 8 heteroatoms. The van der Waals surface area contributed by atoms with Crippen molar-refractivity contribution in [3.63, 3.8) is 0 Å². The molecule has 0 aliphatic carbocycles. The Kier molecular flexibility index (Phi) is 5.03. The molecule has 2 aliphatic heterocycles. The van der Waals surface area contributed by atoms with E-state index in [1.807, 2.05) is 0 Å². The smallest absolute Gasteiger partial charge is 0.341 e. The van der Waals surface area contributed by atoms with Gasteiger partial charge in [0.05, 0.1) is 12.0 Å². The SMILES string of the molecule is COC(=O)c1cc(S(=O)(=O)Cl)cc2c1OC(C1CCOCC1)CC2. The van der Waals surface area contributed by atoms with Gasteiger partial charge >= 0.3 is 5.97 Å². The summed E-state index contributed by atoms with van der Waals surface area (Å²) >= 11 is 0. The maximum Gasteiger partial charge on any atom is 0.341 e. The number of fused-ring (bicyclic) bond motifs is 1. The van der Waals surface area contributed by atoms with Crippen LogP contribution < -0.4 is 4.74 Å². The fourth-order valence-electron chi connectivity index (χ4n) is 3.31. The highest BCUT2D eigenvalue weighted by molar-refractivity contribution is 8.13. The van der Waals surface area contributed by atoms with E-state index >= 15 is 0 Å². The molecule has 0 amide bonds. The topological polar surface area (TPSA) is 78.9 Å². The van der Waals surface area contributed by atoms with Gasteiger partial charge in [0.1, 0.15) is 17.4 Å². The van der Waals surface area contributed by atoms with E-state index < -0.39 is 15.0 Å². The summed E-state index contributed by atoms with van der Waals surface area (Å²) in [6.07, 6.45) is 3.22. The molecular formula is C16H19ClO6S. The van der Waals surface area contributed by atoms with Crippen molar-refractivity contribution in [2.24, 2.45) is 5.92 Å². The number of esters is 1. The number of benzene rings is 1. The highest BCUT2D eigenvalue weighted by Crippen LogP contribution is 2.38. The maximum atomic E-state index is 12.1. The van der Waals surface area contributed by atoms with Crippen LogP contribution in [0.25, 0.3) is 0 Å². The molecule has 1 aromatic carbocycles. The molecule has 1 fully saturated rings. The van der Waals surface area contributed by atoms with Gasteiger partial charge in [-0.3, -0.25) is 0 Å². The molecular weight excluding hydrogens is 356 g/mol. The molecule has 0 saturated carbocycles. The normalized spacial score (nSPS) is 21.7. The highest BCUT2D eigenvalue weighted by Gasteiger charge is 2.33.